The number of nitrogens with zero attached hydrogens (tertiary/aromatic N) is 1. The number of halogens is 1. The number of rotatable bonds is 3. The van der Waals surface area contributed by atoms with Gasteiger partial charge in [0.15, 0.2) is 0 Å². The van der Waals surface area contributed by atoms with Gasteiger partial charge in [-0.1, -0.05) is 33.8 Å². The van der Waals surface area contributed by atoms with Crippen molar-refractivity contribution in [1.29, 1.82) is 5.26 Å². The van der Waals surface area contributed by atoms with Gasteiger partial charge in [0.1, 0.15) is 22.3 Å². The molecule has 1 aliphatic rings. The minimum atomic E-state index is -3.92. The van der Waals surface area contributed by atoms with Crippen molar-refractivity contribution in [1.82, 2.24) is 4.72 Å². The Labute approximate surface area is 118 Å². The molecule has 0 spiro atoms. The summed E-state index contributed by atoms with van der Waals surface area (Å²) in [6, 6.07) is 4.97. The molecule has 1 saturated carbocycles. The molecule has 0 atom stereocenters. The maximum atomic E-state index is 13.5. The Kier molecular flexibility index (Phi) is 3.19. The third-order valence-electron chi connectivity index (χ3n) is 4.67. The molecule has 0 aromatic heterocycles. The summed E-state index contributed by atoms with van der Waals surface area (Å²) in [6.45, 7) is 7.88. The molecule has 6 heteroatoms. The van der Waals surface area contributed by atoms with Gasteiger partial charge in [0.25, 0.3) is 0 Å². The van der Waals surface area contributed by atoms with Crippen molar-refractivity contribution in [2.45, 2.75) is 38.6 Å². The number of nitrogens with one attached hydrogen (secondary N) is 1. The zero-order valence-corrected chi connectivity index (χ0v) is 12.7. The minimum Gasteiger partial charge on any atom is -0.207 e. The normalized spacial score (nSPS) is 20.4. The van der Waals surface area contributed by atoms with E-state index in [4.69, 9.17) is 5.26 Å². The molecule has 2 rings (SSSR count). The van der Waals surface area contributed by atoms with Crippen molar-refractivity contribution >= 4 is 10.0 Å². The van der Waals surface area contributed by atoms with Crippen molar-refractivity contribution in [2.24, 2.45) is 10.8 Å². The Balaban J connectivity index is 2.40. The van der Waals surface area contributed by atoms with Crippen molar-refractivity contribution in [2.75, 3.05) is 0 Å². The predicted octanol–water partition coefficient (Wildman–Crippen LogP) is 2.41. The van der Waals surface area contributed by atoms with Gasteiger partial charge >= 0.3 is 0 Å². The van der Waals surface area contributed by atoms with Crippen LogP contribution in [0.5, 0.6) is 0 Å². The molecule has 1 N–H and O–H groups in total. The molecule has 0 aliphatic heterocycles. The summed E-state index contributed by atoms with van der Waals surface area (Å²) in [6.07, 6.45) is 0. The van der Waals surface area contributed by atoms with Crippen LogP contribution in [0.1, 0.15) is 33.3 Å². The van der Waals surface area contributed by atoms with Crippen LogP contribution in [0.4, 0.5) is 4.39 Å². The quantitative estimate of drug-likeness (QED) is 0.931. The molecule has 0 unspecified atom stereocenters. The van der Waals surface area contributed by atoms with E-state index in [1.54, 1.807) is 6.07 Å². The van der Waals surface area contributed by atoms with E-state index in [0.717, 1.165) is 6.07 Å². The Bertz CT molecular complexity index is 688. The van der Waals surface area contributed by atoms with Crippen molar-refractivity contribution in [3.05, 3.63) is 29.6 Å². The molecule has 108 valence electrons. The van der Waals surface area contributed by atoms with Crippen LogP contribution in [0.25, 0.3) is 0 Å². The average molecular weight is 296 g/mol. The van der Waals surface area contributed by atoms with E-state index in [9.17, 15) is 12.8 Å². The van der Waals surface area contributed by atoms with Gasteiger partial charge < -0.3 is 0 Å². The predicted molar refractivity (Wildman–Crippen MR) is 72.8 cm³/mol. The minimum absolute atomic E-state index is 0.180. The summed E-state index contributed by atoms with van der Waals surface area (Å²) in [4.78, 5) is -0.307. The highest BCUT2D eigenvalue weighted by molar-refractivity contribution is 7.89. The first-order valence-electron chi connectivity index (χ1n) is 6.26. The molecular formula is C14H17FN2O2S. The van der Waals surface area contributed by atoms with Crippen LogP contribution >= 0.6 is 0 Å². The highest BCUT2D eigenvalue weighted by Crippen LogP contribution is 2.62. The van der Waals surface area contributed by atoms with Gasteiger partial charge in [-0.05, 0) is 23.0 Å². The molecule has 0 bridgehead atoms. The monoisotopic (exact) mass is 296 g/mol. The first-order valence-corrected chi connectivity index (χ1v) is 7.75. The van der Waals surface area contributed by atoms with E-state index in [2.05, 4.69) is 4.72 Å². The SMILES string of the molecule is CC1(C)C(NS(=O)(=O)c2cccc(F)c2C#N)C1(C)C. The first kappa shape index (κ1) is 14.9. The second-order valence-corrected chi connectivity index (χ2v) is 7.90. The molecule has 0 amide bonds. The third kappa shape index (κ3) is 2.02. The summed E-state index contributed by atoms with van der Waals surface area (Å²) in [7, 11) is -3.92. The largest absolute Gasteiger partial charge is 0.242 e. The Morgan fingerprint density at radius 3 is 2.25 bits per heavy atom. The zero-order chi connectivity index (χ0) is 15.3. The summed E-state index contributed by atoms with van der Waals surface area (Å²) in [5.41, 5.74) is -0.809. The van der Waals surface area contributed by atoms with E-state index in [-0.39, 0.29) is 21.8 Å². The summed E-state index contributed by atoms with van der Waals surface area (Å²) in [5, 5.41) is 8.94. The molecule has 1 aromatic carbocycles. The van der Waals surface area contributed by atoms with Gasteiger partial charge in [0.2, 0.25) is 10.0 Å². The van der Waals surface area contributed by atoms with E-state index in [1.165, 1.54) is 12.1 Å². The zero-order valence-electron chi connectivity index (χ0n) is 11.9. The first-order chi connectivity index (χ1) is 9.05. The van der Waals surface area contributed by atoms with Crippen molar-refractivity contribution in [3.8, 4) is 6.07 Å². The smallest absolute Gasteiger partial charge is 0.207 e. The van der Waals surface area contributed by atoms with Gasteiger partial charge in [-0.2, -0.15) is 5.26 Å². The lowest BCUT2D eigenvalue weighted by Crippen LogP contribution is -2.30. The molecule has 1 aromatic rings. The Morgan fingerprint density at radius 2 is 1.80 bits per heavy atom. The third-order valence-corrected chi connectivity index (χ3v) is 6.14. The van der Waals surface area contributed by atoms with Gasteiger partial charge in [0.05, 0.1) is 0 Å². The second kappa shape index (κ2) is 4.27. The van der Waals surface area contributed by atoms with Crippen LogP contribution in [-0.2, 0) is 10.0 Å². The van der Waals surface area contributed by atoms with Crippen LogP contribution in [0, 0.1) is 28.0 Å². The van der Waals surface area contributed by atoms with E-state index in [0.29, 0.717) is 0 Å². The molecular weight excluding hydrogens is 279 g/mol. The lowest BCUT2D eigenvalue weighted by atomic mass is 10.0. The number of hydrogen-bond acceptors (Lipinski definition) is 3. The van der Waals surface area contributed by atoms with E-state index in [1.807, 2.05) is 27.7 Å². The van der Waals surface area contributed by atoms with Gasteiger partial charge in [-0.3, -0.25) is 0 Å². The van der Waals surface area contributed by atoms with Crippen LogP contribution < -0.4 is 4.72 Å². The van der Waals surface area contributed by atoms with Gasteiger partial charge in [0, 0.05) is 6.04 Å². The van der Waals surface area contributed by atoms with E-state index >= 15 is 0 Å². The van der Waals surface area contributed by atoms with Gasteiger partial charge in [-0.25, -0.2) is 17.5 Å². The van der Waals surface area contributed by atoms with Crippen LogP contribution in [0.2, 0.25) is 0 Å². The highest BCUT2D eigenvalue weighted by atomic mass is 32.2. The van der Waals surface area contributed by atoms with Gasteiger partial charge in [-0.15, -0.1) is 0 Å². The number of nitriles is 1. The second-order valence-electron chi connectivity index (χ2n) is 6.22. The fourth-order valence-electron chi connectivity index (χ4n) is 2.55. The summed E-state index contributed by atoms with van der Waals surface area (Å²) < 4.78 is 40.8. The summed E-state index contributed by atoms with van der Waals surface area (Å²) >= 11 is 0. The maximum Gasteiger partial charge on any atom is 0.242 e. The molecule has 20 heavy (non-hydrogen) atoms. The van der Waals surface area contributed by atoms with E-state index < -0.39 is 21.4 Å². The maximum absolute atomic E-state index is 13.5. The van der Waals surface area contributed by atoms with Crippen molar-refractivity contribution < 1.29 is 12.8 Å². The molecule has 4 nitrogen and oxygen atoms in total. The van der Waals surface area contributed by atoms with Crippen LogP contribution in [-0.4, -0.2) is 14.5 Å². The lowest BCUT2D eigenvalue weighted by molar-refractivity contribution is 0.457. The topological polar surface area (TPSA) is 70.0 Å². The number of hydrogen-bond donors (Lipinski definition) is 1. The molecule has 0 heterocycles. The standard InChI is InChI=1S/C14H17FN2O2S/c1-13(2)12(14(13,3)4)17-20(18,19)11-7-5-6-10(15)9(11)8-16/h5-7,12,17H,1-4H3. The average Bonchev–Trinajstić information content (AvgIpc) is 2.71. The number of benzene rings is 1. The molecule has 0 radical (unpaired) electrons. The Morgan fingerprint density at radius 1 is 1.25 bits per heavy atom. The summed E-state index contributed by atoms with van der Waals surface area (Å²) in [5.74, 6) is -0.829. The fourth-order valence-corrected chi connectivity index (χ4v) is 4.24. The molecule has 1 aliphatic carbocycles. The molecule has 1 fully saturated rings. The lowest BCUT2D eigenvalue weighted by Gasteiger charge is -2.10. The van der Waals surface area contributed by atoms with Crippen LogP contribution in [0.3, 0.4) is 0 Å². The fraction of sp³-hybridized carbons (Fsp3) is 0.500. The molecule has 0 saturated heterocycles. The number of sulfonamides is 1. The highest BCUT2D eigenvalue weighted by Gasteiger charge is 2.66. The van der Waals surface area contributed by atoms with Crippen LogP contribution in [0.15, 0.2) is 23.1 Å². The Hall–Kier alpha value is -1.45. The van der Waals surface area contributed by atoms with Crippen molar-refractivity contribution in [3.63, 3.8) is 0 Å².